The second-order valence-corrected chi connectivity index (χ2v) is 11.3. The molecule has 0 radical (unpaired) electrons. The summed E-state index contributed by atoms with van der Waals surface area (Å²) in [4.78, 5) is 32.6. The number of carbonyl (C=O) groups excluding carboxylic acids is 2. The zero-order valence-electron chi connectivity index (χ0n) is 21.8. The fraction of sp³-hybridized carbons (Fsp3) is 0.500. The van der Waals surface area contributed by atoms with Crippen LogP contribution < -0.4 is 15.4 Å². The number of hydrogen-bond donors (Lipinski definition) is 3. The molecule has 3 aliphatic rings. The topological polar surface area (TPSA) is 117 Å². The van der Waals surface area contributed by atoms with Gasteiger partial charge in [-0.05, 0) is 50.8 Å². The Morgan fingerprint density at radius 2 is 2.08 bits per heavy atom. The molecule has 3 heterocycles. The van der Waals surface area contributed by atoms with Crippen LogP contribution in [0.5, 0.6) is 5.75 Å². The van der Waals surface area contributed by atoms with Crippen molar-refractivity contribution in [2.45, 2.75) is 63.3 Å². The van der Waals surface area contributed by atoms with E-state index in [1.165, 1.54) is 4.90 Å². The summed E-state index contributed by atoms with van der Waals surface area (Å²) in [6.45, 7) is 6.22. The van der Waals surface area contributed by atoms with Gasteiger partial charge in [-0.25, -0.2) is 0 Å². The van der Waals surface area contributed by atoms with Crippen molar-refractivity contribution in [2.24, 2.45) is 11.8 Å². The molecule has 1 aromatic heterocycles. The maximum Gasteiger partial charge on any atom is 0.232 e. The van der Waals surface area contributed by atoms with Crippen molar-refractivity contribution in [1.82, 2.24) is 20.5 Å². The van der Waals surface area contributed by atoms with Crippen molar-refractivity contribution in [1.29, 1.82) is 5.41 Å². The number of rotatable bonds is 7. The number of amides is 2. The number of benzene rings is 1. The number of hydrogen-bond acceptors (Lipinski definition) is 6. The number of para-hydroxylation sites is 1. The van der Waals surface area contributed by atoms with Crippen LogP contribution in [0.3, 0.4) is 0 Å². The number of aromatic nitrogens is 1. The molecule has 1 saturated carbocycles. The molecular formula is C28H35N5O4. The molecule has 196 valence electrons. The molecule has 9 nitrogen and oxygen atoms in total. The van der Waals surface area contributed by atoms with E-state index in [0.29, 0.717) is 19.4 Å². The Kier molecular flexibility index (Phi) is 6.43. The highest BCUT2D eigenvalue weighted by Gasteiger charge is 2.54. The number of nitrogens with one attached hydrogen (secondary N) is 3. The van der Waals surface area contributed by atoms with Gasteiger partial charge >= 0.3 is 0 Å². The van der Waals surface area contributed by atoms with Gasteiger partial charge in [0.2, 0.25) is 11.8 Å². The van der Waals surface area contributed by atoms with Crippen LogP contribution in [0.4, 0.5) is 0 Å². The summed E-state index contributed by atoms with van der Waals surface area (Å²) >= 11 is 0. The van der Waals surface area contributed by atoms with Crippen molar-refractivity contribution < 1.29 is 19.1 Å². The minimum atomic E-state index is -0.560. The van der Waals surface area contributed by atoms with E-state index in [1.807, 2.05) is 57.2 Å². The summed E-state index contributed by atoms with van der Waals surface area (Å²) in [5, 5.41) is 15.0. The summed E-state index contributed by atoms with van der Waals surface area (Å²) in [5.41, 5.74) is 0.725. The van der Waals surface area contributed by atoms with Crippen molar-refractivity contribution >= 4 is 17.8 Å². The lowest BCUT2D eigenvalue weighted by molar-refractivity contribution is -0.133. The largest absolute Gasteiger partial charge is 0.485 e. The highest BCUT2D eigenvalue weighted by Crippen LogP contribution is 2.51. The molecule has 1 saturated heterocycles. The summed E-state index contributed by atoms with van der Waals surface area (Å²) in [6.07, 6.45) is 4.89. The molecule has 2 amide bonds. The predicted octanol–water partition coefficient (Wildman–Crippen LogP) is 3.34. The molecule has 9 heteroatoms. The van der Waals surface area contributed by atoms with Crippen LogP contribution in [0.25, 0.3) is 0 Å². The first kappa shape index (κ1) is 25.2. The number of fused-ring (bicyclic) bond motifs is 1. The van der Waals surface area contributed by atoms with Gasteiger partial charge in [0, 0.05) is 49.4 Å². The molecule has 5 rings (SSSR count). The smallest absolute Gasteiger partial charge is 0.232 e. The second-order valence-electron chi connectivity index (χ2n) is 11.3. The maximum absolute atomic E-state index is 13.6. The van der Waals surface area contributed by atoms with Gasteiger partial charge in [-0.15, -0.1) is 0 Å². The Bertz CT molecular complexity index is 1180. The number of carbonyl (C=O) groups is 2. The van der Waals surface area contributed by atoms with E-state index in [-0.39, 0.29) is 42.1 Å². The van der Waals surface area contributed by atoms with Crippen molar-refractivity contribution in [2.75, 3.05) is 13.7 Å². The third kappa shape index (κ3) is 5.05. The van der Waals surface area contributed by atoms with Crippen LogP contribution in [0.15, 0.2) is 48.8 Å². The van der Waals surface area contributed by atoms with E-state index in [1.54, 1.807) is 19.5 Å². The number of ether oxygens (including phenoxy) is 2. The Hall–Kier alpha value is -3.46. The van der Waals surface area contributed by atoms with E-state index < -0.39 is 17.2 Å². The monoisotopic (exact) mass is 505 g/mol. The Balaban J connectivity index is 1.37. The van der Waals surface area contributed by atoms with Crippen LogP contribution in [-0.2, 0) is 14.3 Å². The van der Waals surface area contributed by atoms with E-state index in [9.17, 15) is 9.59 Å². The highest BCUT2D eigenvalue weighted by molar-refractivity contribution is 5.99. The molecule has 2 aromatic rings. The van der Waals surface area contributed by atoms with Gasteiger partial charge in [0.15, 0.2) is 5.96 Å². The van der Waals surface area contributed by atoms with E-state index in [0.717, 1.165) is 16.9 Å². The van der Waals surface area contributed by atoms with Gasteiger partial charge in [0.05, 0.1) is 18.7 Å². The normalized spacial score (nSPS) is 29.0. The fourth-order valence-electron chi connectivity index (χ4n) is 5.82. The van der Waals surface area contributed by atoms with E-state index in [4.69, 9.17) is 14.9 Å². The van der Waals surface area contributed by atoms with Crippen LogP contribution in [-0.4, -0.2) is 52.5 Å². The number of guanidine groups is 1. The molecule has 1 aliphatic carbocycles. The molecule has 0 spiro atoms. The quantitative estimate of drug-likeness (QED) is 0.532. The lowest BCUT2D eigenvalue weighted by Gasteiger charge is -2.42. The van der Waals surface area contributed by atoms with Crippen LogP contribution in [0.1, 0.15) is 63.2 Å². The molecule has 2 fully saturated rings. The summed E-state index contributed by atoms with van der Waals surface area (Å²) < 4.78 is 11.6. The minimum Gasteiger partial charge on any atom is -0.485 e. The molecule has 5 atom stereocenters. The Morgan fingerprint density at radius 1 is 1.30 bits per heavy atom. The summed E-state index contributed by atoms with van der Waals surface area (Å²) in [6, 6.07) is 10.9. The van der Waals surface area contributed by atoms with Crippen molar-refractivity contribution in [3.63, 3.8) is 0 Å². The number of pyridine rings is 1. The molecule has 1 aromatic carbocycles. The molecule has 2 aliphatic heterocycles. The molecule has 3 N–H and O–H groups in total. The predicted molar refractivity (Wildman–Crippen MR) is 138 cm³/mol. The van der Waals surface area contributed by atoms with Crippen molar-refractivity contribution in [3.05, 3.63) is 59.9 Å². The van der Waals surface area contributed by atoms with Crippen LogP contribution >= 0.6 is 0 Å². The number of methoxy groups -OCH3 is 1. The summed E-state index contributed by atoms with van der Waals surface area (Å²) in [5.74, 6) is 0.253. The zero-order chi connectivity index (χ0) is 26.4. The van der Waals surface area contributed by atoms with E-state index >= 15 is 0 Å². The second kappa shape index (κ2) is 9.45. The van der Waals surface area contributed by atoms with Gasteiger partial charge in [0.25, 0.3) is 0 Å². The van der Waals surface area contributed by atoms with Gasteiger partial charge in [-0.1, -0.05) is 24.3 Å². The van der Waals surface area contributed by atoms with E-state index in [2.05, 4.69) is 15.6 Å². The Labute approximate surface area is 217 Å². The first-order valence-corrected chi connectivity index (χ1v) is 12.8. The fourth-order valence-corrected chi connectivity index (χ4v) is 5.82. The molecular weight excluding hydrogens is 470 g/mol. The third-order valence-corrected chi connectivity index (χ3v) is 7.50. The van der Waals surface area contributed by atoms with Crippen LogP contribution in [0.2, 0.25) is 0 Å². The number of nitrogens with zero attached hydrogens (tertiary/aromatic N) is 2. The van der Waals surface area contributed by atoms with Gasteiger partial charge in [0.1, 0.15) is 11.4 Å². The van der Waals surface area contributed by atoms with Crippen LogP contribution in [0, 0.1) is 17.2 Å². The minimum absolute atomic E-state index is 0.0513. The standard InChI is InChI=1S/C28H35N5O4/c1-27(2)14-23(34)33(26(29)32-27)24(17-8-7-11-30-15-17)19-12-20(19)25(35)31-21-13-28(3,16-36-4)37-22-10-6-5-9-18(21)22/h5-11,15,19-21,24H,12-14,16H2,1-4H3,(H2,29,32)(H,31,35)/t19-,20-,21?,24-,28?/m1/s1. The first-order valence-electron chi connectivity index (χ1n) is 12.8. The zero-order valence-corrected chi connectivity index (χ0v) is 21.8. The Morgan fingerprint density at radius 3 is 2.78 bits per heavy atom. The molecule has 2 unspecified atom stereocenters. The lowest BCUT2D eigenvalue weighted by Crippen LogP contribution is -2.60. The summed E-state index contributed by atoms with van der Waals surface area (Å²) in [7, 11) is 1.64. The maximum atomic E-state index is 13.6. The molecule has 0 bridgehead atoms. The average molecular weight is 506 g/mol. The SMILES string of the molecule is COCC1(C)CC(NC(=O)[C@@H]2C[C@H]2[C@@H](c2cccnc2)N2C(=N)NC(C)(C)CC2=O)c2ccccc2O1. The highest BCUT2D eigenvalue weighted by atomic mass is 16.5. The lowest BCUT2D eigenvalue weighted by atomic mass is 9.88. The average Bonchev–Trinajstić information content (AvgIpc) is 3.62. The van der Waals surface area contributed by atoms with Gasteiger partial charge in [-0.2, -0.15) is 0 Å². The van der Waals surface area contributed by atoms with Gasteiger partial charge in [-0.3, -0.25) is 24.9 Å². The van der Waals surface area contributed by atoms with Gasteiger partial charge < -0.3 is 20.1 Å². The molecule has 37 heavy (non-hydrogen) atoms. The third-order valence-electron chi connectivity index (χ3n) is 7.50. The van der Waals surface area contributed by atoms with Crippen molar-refractivity contribution in [3.8, 4) is 5.75 Å². The first-order chi connectivity index (χ1) is 17.6.